The number of likely N-dealkylation sites (tertiary alicyclic amines) is 1. The molecule has 4 rings (SSSR count). The number of aryl methyl sites for hydroxylation is 1. The van der Waals surface area contributed by atoms with Gasteiger partial charge in [-0.15, -0.1) is 0 Å². The number of amides is 1. The average molecular weight is 497 g/mol. The topological polar surface area (TPSA) is 55.8 Å². The summed E-state index contributed by atoms with van der Waals surface area (Å²) >= 11 is 18.4. The minimum absolute atomic E-state index is 0.0412. The van der Waals surface area contributed by atoms with Gasteiger partial charge in [0.2, 0.25) is 0 Å². The van der Waals surface area contributed by atoms with Crippen LogP contribution in [0.5, 0.6) is 11.5 Å². The molecule has 0 bridgehead atoms. The van der Waals surface area contributed by atoms with Crippen molar-refractivity contribution in [2.24, 2.45) is 0 Å². The predicted octanol–water partition coefficient (Wildman–Crippen LogP) is 6.06. The van der Waals surface area contributed by atoms with Gasteiger partial charge in [0.25, 0.3) is 5.91 Å². The second-order valence-corrected chi connectivity index (χ2v) is 9.77. The minimum Gasteiger partial charge on any atom is -0.486 e. The molecule has 0 aromatic heterocycles. The fourth-order valence-corrected chi connectivity index (χ4v) is 5.08. The van der Waals surface area contributed by atoms with Gasteiger partial charge in [0, 0.05) is 36.0 Å². The fourth-order valence-electron chi connectivity index (χ4n) is 4.48. The molecule has 0 radical (unpaired) electrons. The number of fused-ring (bicyclic) bond motifs is 1. The van der Waals surface area contributed by atoms with E-state index in [0.29, 0.717) is 58.1 Å². The highest BCUT2D eigenvalue weighted by Crippen LogP contribution is 2.43. The molecule has 0 N–H and O–H groups in total. The Morgan fingerprint density at radius 3 is 2.50 bits per heavy atom. The van der Waals surface area contributed by atoms with Gasteiger partial charge >= 0.3 is 0 Å². The molecule has 2 aliphatic rings. The number of hydrogen-bond acceptors (Lipinski definition) is 4. The summed E-state index contributed by atoms with van der Waals surface area (Å²) in [5, 5.41) is 1.46. The van der Waals surface area contributed by atoms with Gasteiger partial charge in [-0.3, -0.25) is 9.59 Å². The van der Waals surface area contributed by atoms with Crippen molar-refractivity contribution in [2.45, 2.75) is 51.7 Å². The molecule has 2 aliphatic heterocycles. The summed E-state index contributed by atoms with van der Waals surface area (Å²) in [6, 6.07) is 6.73. The number of piperidine rings is 1. The maximum Gasteiger partial charge on any atom is 0.263 e. The summed E-state index contributed by atoms with van der Waals surface area (Å²) in [7, 11) is 0. The highest BCUT2D eigenvalue weighted by Gasteiger charge is 2.45. The third kappa shape index (κ3) is 4.30. The van der Waals surface area contributed by atoms with Crippen molar-refractivity contribution < 1.29 is 19.1 Å². The van der Waals surface area contributed by atoms with E-state index in [1.165, 1.54) is 0 Å². The largest absolute Gasteiger partial charge is 0.486 e. The number of ether oxygens (including phenoxy) is 2. The Morgan fingerprint density at radius 1 is 1.16 bits per heavy atom. The van der Waals surface area contributed by atoms with Crippen molar-refractivity contribution in [3.05, 3.63) is 56.0 Å². The summed E-state index contributed by atoms with van der Waals surface area (Å²) in [6.07, 6.45) is 0.720. The summed E-state index contributed by atoms with van der Waals surface area (Å²) in [4.78, 5) is 27.7. The standard InChI is InChI=1S/C24H24Cl3NO4/c1-13-10-20-21(14(2)22(13)27)18(29)12-24(32-20)6-8-28(9-7-24)23(30)15(3)31-19-5-4-16(25)11-17(19)26/h4-5,10-11,15H,6-9,12H2,1-3H3. The van der Waals surface area contributed by atoms with E-state index in [1.807, 2.05) is 19.9 Å². The van der Waals surface area contributed by atoms with Crippen molar-refractivity contribution in [1.82, 2.24) is 4.90 Å². The molecule has 1 spiro atoms. The van der Waals surface area contributed by atoms with Gasteiger partial charge < -0.3 is 14.4 Å². The molecule has 0 aliphatic carbocycles. The Bertz CT molecular complexity index is 1090. The highest BCUT2D eigenvalue weighted by atomic mass is 35.5. The smallest absolute Gasteiger partial charge is 0.263 e. The number of nitrogens with zero attached hydrogens (tertiary/aromatic N) is 1. The van der Waals surface area contributed by atoms with E-state index >= 15 is 0 Å². The van der Waals surface area contributed by atoms with Crippen molar-refractivity contribution in [3.63, 3.8) is 0 Å². The number of rotatable bonds is 3. The maximum absolute atomic E-state index is 13.0. The van der Waals surface area contributed by atoms with Crippen molar-refractivity contribution in [1.29, 1.82) is 0 Å². The van der Waals surface area contributed by atoms with Crippen LogP contribution in [-0.4, -0.2) is 41.4 Å². The van der Waals surface area contributed by atoms with Crippen LogP contribution in [-0.2, 0) is 4.79 Å². The lowest BCUT2D eigenvalue weighted by molar-refractivity contribution is -0.141. The SMILES string of the molecule is Cc1cc2c(c(C)c1Cl)C(=O)CC1(CCN(C(=O)C(C)Oc3ccc(Cl)cc3Cl)CC1)O2. The molecule has 2 aromatic carbocycles. The van der Waals surface area contributed by atoms with Crippen LogP contribution < -0.4 is 9.47 Å². The second kappa shape index (κ2) is 8.77. The number of benzene rings is 2. The Labute approximate surface area is 202 Å². The van der Waals surface area contributed by atoms with Crippen LogP contribution >= 0.6 is 34.8 Å². The molecule has 1 atom stereocenters. The Balaban J connectivity index is 1.43. The fraction of sp³-hybridized carbons (Fsp3) is 0.417. The van der Waals surface area contributed by atoms with Crippen molar-refractivity contribution >= 4 is 46.5 Å². The molecule has 1 fully saturated rings. The van der Waals surface area contributed by atoms with Crippen LogP contribution in [0.4, 0.5) is 0 Å². The molecule has 8 heteroatoms. The number of ketones is 1. The lowest BCUT2D eigenvalue weighted by atomic mass is 9.81. The van der Waals surface area contributed by atoms with Gasteiger partial charge in [0.15, 0.2) is 11.9 Å². The first-order valence-electron chi connectivity index (χ1n) is 10.5. The van der Waals surface area contributed by atoms with E-state index in [1.54, 1.807) is 30.0 Å². The first-order valence-corrected chi connectivity index (χ1v) is 11.7. The zero-order chi connectivity index (χ0) is 23.2. The normalized spacial score (nSPS) is 18.2. The van der Waals surface area contributed by atoms with E-state index in [4.69, 9.17) is 44.3 Å². The maximum atomic E-state index is 13.0. The molecule has 170 valence electrons. The zero-order valence-corrected chi connectivity index (χ0v) is 20.4. The molecule has 1 amide bonds. The van der Waals surface area contributed by atoms with E-state index in [0.717, 1.165) is 11.1 Å². The monoisotopic (exact) mass is 495 g/mol. The van der Waals surface area contributed by atoms with Gasteiger partial charge in [0.1, 0.15) is 17.1 Å². The number of hydrogen-bond donors (Lipinski definition) is 0. The molecule has 2 aromatic rings. The quantitative estimate of drug-likeness (QED) is 0.518. The molecule has 1 unspecified atom stereocenters. The van der Waals surface area contributed by atoms with Crippen LogP contribution in [0.1, 0.15) is 47.7 Å². The van der Waals surface area contributed by atoms with Gasteiger partial charge in [-0.1, -0.05) is 34.8 Å². The first kappa shape index (κ1) is 23.2. The number of halogens is 3. The minimum atomic E-state index is -0.704. The van der Waals surface area contributed by atoms with E-state index in [2.05, 4.69) is 0 Å². The molecule has 1 saturated heterocycles. The Morgan fingerprint density at radius 2 is 1.84 bits per heavy atom. The molecule has 5 nitrogen and oxygen atoms in total. The summed E-state index contributed by atoms with van der Waals surface area (Å²) < 4.78 is 12.2. The molecular weight excluding hydrogens is 473 g/mol. The Hall–Kier alpha value is -1.95. The van der Waals surface area contributed by atoms with E-state index < -0.39 is 11.7 Å². The van der Waals surface area contributed by atoms with Crippen LogP contribution in [0.3, 0.4) is 0 Å². The summed E-state index contributed by atoms with van der Waals surface area (Å²) in [5.74, 6) is 0.911. The second-order valence-electron chi connectivity index (χ2n) is 8.55. The first-order chi connectivity index (χ1) is 15.1. The van der Waals surface area contributed by atoms with Gasteiger partial charge in [0.05, 0.1) is 17.0 Å². The lowest BCUT2D eigenvalue weighted by Crippen LogP contribution is -2.54. The van der Waals surface area contributed by atoms with Gasteiger partial charge in [-0.2, -0.15) is 0 Å². The van der Waals surface area contributed by atoms with E-state index in [9.17, 15) is 9.59 Å². The summed E-state index contributed by atoms with van der Waals surface area (Å²) in [5.41, 5.74) is 1.62. The van der Waals surface area contributed by atoms with Crippen LogP contribution in [0.25, 0.3) is 0 Å². The van der Waals surface area contributed by atoms with Crippen molar-refractivity contribution in [3.8, 4) is 11.5 Å². The third-order valence-electron chi connectivity index (χ3n) is 6.26. The number of Topliss-reactive ketones (excluding diaryl/α,β-unsaturated/α-hetero) is 1. The molecule has 0 saturated carbocycles. The Kier molecular flexibility index (Phi) is 6.36. The van der Waals surface area contributed by atoms with Gasteiger partial charge in [-0.25, -0.2) is 0 Å². The van der Waals surface area contributed by atoms with Crippen molar-refractivity contribution in [2.75, 3.05) is 13.1 Å². The van der Waals surface area contributed by atoms with Crippen LogP contribution in [0.2, 0.25) is 15.1 Å². The predicted molar refractivity (Wildman–Crippen MR) is 126 cm³/mol. The molecular formula is C24H24Cl3NO4. The van der Waals surface area contributed by atoms with Gasteiger partial charge in [-0.05, 0) is 56.2 Å². The molecule has 2 heterocycles. The average Bonchev–Trinajstić information content (AvgIpc) is 2.73. The van der Waals surface area contributed by atoms with E-state index in [-0.39, 0.29) is 18.1 Å². The zero-order valence-electron chi connectivity index (χ0n) is 18.1. The van der Waals surface area contributed by atoms with Crippen LogP contribution in [0.15, 0.2) is 24.3 Å². The highest BCUT2D eigenvalue weighted by molar-refractivity contribution is 6.35. The van der Waals surface area contributed by atoms with Crippen LogP contribution in [0, 0.1) is 13.8 Å². The third-order valence-corrected chi connectivity index (χ3v) is 7.38. The number of carbonyl (C=O) groups is 2. The summed E-state index contributed by atoms with van der Waals surface area (Å²) in [6.45, 7) is 6.41. The molecule has 32 heavy (non-hydrogen) atoms. The lowest BCUT2D eigenvalue weighted by Gasteiger charge is -2.44. The number of carbonyl (C=O) groups excluding carboxylic acids is 2.